The number of aromatic nitrogens is 1. The Labute approximate surface area is 169 Å². The Bertz CT molecular complexity index is 1310. The second kappa shape index (κ2) is 6.74. The van der Waals surface area contributed by atoms with Crippen molar-refractivity contribution in [3.8, 4) is 0 Å². The van der Waals surface area contributed by atoms with Gasteiger partial charge < -0.3 is 4.57 Å². The van der Waals surface area contributed by atoms with Crippen molar-refractivity contribution < 1.29 is 4.79 Å². The van der Waals surface area contributed by atoms with Gasteiger partial charge in [0.2, 0.25) is 0 Å². The molecule has 3 aromatic carbocycles. The standard InChI is InChI=1S/C25H21N3O/c1-3-27-23-12-8-7-11-20(23)22-16-18(13-14-24(22)27)15-21-17(2)26-28(25(21)29)19-9-5-4-6-10-19/h4-16H,3H2,1-2H3/b21-15-. The fourth-order valence-electron chi connectivity index (χ4n) is 4.10. The average molecular weight is 379 g/mol. The lowest BCUT2D eigenvalue weighted by atomic mass is 10.0. The molecule has 0 radical (unpaired) electrons. The van der Waals surface area contributed by atoms with Gasteiger partial charge in [-0.2, -0.15) is 10.1 Å². The van der Waals surface area contributed by atoms with E-state index in [2.05, 4.69) is 59.1 Å². The number of carbonyl (C=O) groups excluding carboxylic acids is 1. The molecular formula is C25H21N3O. The lowest BCUT2D eigenvalue weighted by molar-refractivity contribution is -0.114. The monoisotopic (exact) mass is 379 g/mol. The molecule has 0 bridgehead atoms. The number of benzene rings is 3. The molecule has 0 saturated heterocycles. The molecule has 4 heteroatoms. The topological polar surface area (TPSA) is 37.6 Å². The Kier molecular flexibility index (Phi) is 4.06. The predicted molar refractivity (Wildman–Crippen MR) is 120 cm³/mol. The minimum Gasteiger partial charge on any atom is -0.341 e. The van der Waals surface area contributed by atoms with Gasteiger partial charge in [0.05, 0.1) is 17.0 Å². The third kappa shape index (κ3) is 2.76. The van der Waals surface area contributed by atoms with Crippen molar-refractivity contribution in [2.45, 2.75) is 20.4 Å². The number of rotatable bonds is 3. The van der Waals surface area contributed by atoms with Crippen molar-refractivity contribution in [1.29, 1.82) is 0 Å². The summed E-state index contributed by atoms with van der Waals surface area (Å²) in [6, 6.07) is 24.4. The third-order valence-corrected chi connectivity index (χ3v) is 5.49. The summed E-state index contributed by atoms with van der Waals surface area (Å²) in [5, 5.41) is 8.39. The van der Waals surface area contributed by atoms with Crippen LogP contribution >= 0.6 is 0 Å². The molecular weight excluding hydrogens is 358 g/mol. The van der Waals surface area contributed by atoms with Crippen molar-refractivity contribution in [3.05, 3.63) is 83.9 Å². The SMILES string of the molecule is CCn1c2ccccc2c2cc(/C=C3\C(=O)N(c4ccccc4)N=C3C)ccc21. The van der Waals surface area contributed by atoms with E-state index in [0.29, 0.717) is 5.57 Å². The van der Waals surface area contributed by atoms with Gasteiger partial charge in [0, 0.05) is 28.4 Å². The Morgan fingerprint density at radius 3 is 2.41 bits per heavy atom. The van der Waals surface area contributed by atoms with E-state index >= 15 is 0 Å². The molecule has 142 valence electrons. The lowest BCUT2D eigenvalue weighted by Gasteiger charge is -2.11. The zero-order chi connectivity index (χ0) is 20.0. The van der Waals surface area contributed by atoms with Crippen LogP contribution < -0.4 is 5.01 Å². The van der Waals surface area contributed by atoms with E-state index in [0.717, 1.165) is 23.5 Å². The summed E-state index contributed by atoms with van der Waals surface area (Å²) in [6.45, 7) is 4.96. The van der Waals surface area contributed by atoms with E-state index in [1.54, 1.807) is 0 Å². The van der Waals surface area contributed by atoms with Gasteiger partial charge in [0.1, 0.15) is 0 Å². The van der Waals surface area contributed by atoms with Gasteiger partial charge in [0.15, 0.2) is 0 Å². The molecule has 1 aliphatic rings. The van der Waals surface area contributed by atoms with Gasteiger partial charge >= 0.3 is 0 Å². The highest BCUT2D eigenvalue weighted by Gasteiger charge is 2.28. The molecule has 4 aromatic rings. The van der Waals surface area contributed by atoms with Gasteiger partial charge in [-0.05, 0) is 55.8 Å². The highest BCUT2D eigenvalue weighted by molar-refractivity contribution is 6.32. The number of anilines is 1. The first-order chi connectivity index (χ1) is 14.2. The molecule has 0 aliphatic carbocycles. The maximum atomic E-state index is 13.0. The highest BCUT2D eigenvalue weighted by Crippen LogP contribution is 2.31. The Morgan fingerprint density at radius 1 is 0.897 bits per heavy atom. The van der Waals surface area contributed by atoms with E-state index in [9.17, 15) is 4.79 Å². The number of nitrogens with zero attached hydrogens (tertiary/aromatic N) is 3. The Balaban J connectivity index is 1.60. The molecule has 1 amide bonds. The molecule has 0 spiro atoms. The van der Waals surface area contributed by atoms with E-state index < -0.39 is 0 Å². The van der Waals surface area contributed by atoms with Crippen molar-refractivity contribution in [2.24, 2.45) is 5.10 Å². The Hall–Kier alpha value is -3.66. The second-order valence-electron chi connectivity index (χ2n) is 7.23. The molecule has 4 nitrogen and oxygen atoms in total. The van der Waals surface area contributed by atoms with Gasteiger partial charge in [-0.25, -0.2) is 0 Å². The maximum Gasteiger partial charge on any atom is 0.280 e. The van der Waals surface area contributed by atoms with Crippen LogP contribution in [0.25, 0.3) is 27.9 Å². The van der Waals surface area contributed by atoms with Crippen molar-refractivity contribution in [3.63, 3.8) is 0 Å². The third-order valence-electron chi connectivity index (χ3n) is 5.49. The average Bonchev–Trinajstić information content (AvgIpc) is 3.23. The zero-order valence-electron chi connectivity index (χ0n) is 16.5. The number of carbonyl (C=O) groups is 1. The van der Waals surface area contributed by atoms with E-state index in [-0.39, 0.29) is 5.91 Å². The molecule has 0 saturated carbocycles. The van der Waals surface area contributed by atoms with Crippen molar-refractivity contribution in [1.82, 2.24) is 4.57 Å². The van der Waals surface area contributed by atoms with Crippen LogP contribution in [-0.2, 0) is 11.3 Å². The first-order valence-corrected chi connectivity index (χ1v) is 9.85. The van der Waals surface area contributed by atoms with Crippen LogP contribution in [0.2, 0.25) is 0 Å². The summed E-state index contributed by atoms with van der Waals surface area (Å²) in [5.74, 6) is -0.0928. The van der Waals surface area contributed by atoms with Crippen LogP contribution in [0.5, 0.6) is 0 Å². The number of hydrogen-bond donors (Lipinski definition) is 0. The van der Waals surface area contributed by atoms with Crippen LogP contribution in [-0.4, -0.2) is 16.2 Å². The molecule has 29 heavy (non-hydrogen) atoms. The summed E-state index contributed by atoms with van der Waals surface area (Å²) in [7, 11) is 0. The molecule has 1 aliphatic heterocycles. The molecule has 0 unspecified atom stereocenters. The van der Waals surface area contributed by atoms with Crippen LogP contribution in [0.4, 0.5) is 5.69 Å². The number of amides is 1. The zero-order valence-corrected chi connectivity index (χ0v) is 16.5. The normalized spacial score (nSPS) is 15.7. The van der Waals surface area contributed by atoms with Crippen molar-refractivity contribution >= 4 is 45.2 Å². The van der Waals surface area contributed by atoms with Crippen LogP contribution in [0.3, 0.4) is 0 Å². The van der Waals surface area contributed by atoms with E-state index in [1.807, 2.05) is 43.3 Å². The first-order valence-electron chi connectivity index (χ1n) is 9.85. The number of fused-ring (bicyclic) bond motifs is 3. The number of aryl methyl sites for hydroxylation is 1. The summed E-state index contributed by atoms with van der Waals surface area (Å²) in [4.78, 5) is 13.0. The number of hydrazone groups is 1. The lowest BCUT2D eigenvalue weighted by Crippen LogP contribution is -2.21. The van der Waals surface area contributed by atoms with Gasteiger partial charge in [-0.15, -0.1) is 0 Å². The highest BCUT2D eigenvalue weighted by atomic mass is 16.2. The molecule has 0 atom stereocenters. The predicted octanol–water partition coefficient (Wildman–Crippen LogP) is 5.62. The maximum absolute atomic E-state index is 13.0. The fraction of sp³-hybridized carbons (Fsp3) is 0.120. The first kappa shape index (κ1) is 17.4. The Morgan fingerprint density at radius 2 is 1.62 bits per heavy atom. The largest absolute Gasteiger partial charge is 0.341 e. The molecule has 0 N–H and O–H groups in total. The van der Waals surface area contributed by atoms with E-state index in [1.165, 1.54) is 26.8 Å². The molecule has 0 fully saturated rings. The molecule has 2 heterocycles. The van der Waals surface area contributed by atoms with Crippen molar-refractivity contribution in [2.75, 3.05) is 5.01 Å². The summed E-state index contributed by atoms with van der Waals surface area (Å²) >= 11 is 0. The fourth-order valence-corrected chi connectivity index (χ4v) is 4.10. The molecule has 5 rings (SSSR count). The minimum absolute atomic E-state index is 0.0928. The van der Waals surface area contributed by atoms with Gasteiger partial charge in [-0.1, -0.05) is 42.5 Å². The minimum atomic E-state index is -0.0928. The summed E-state index contributed by atoms with van der Waals surface area (Å²) in [6.07, 6.45) is 1.95. The summed E-state index contributed by atoms with van der Waals surface area (Å²) in [5.41, 5.74) is 5.60. The van der Waals surface area contributed by atoms with Crippen LogP contribution in [0.1, 0.15) is 19.4 Å². The van der Waals surface area contributed by atoms with Crippen LogP contribution in [0, 0.1) is 0 Å². The van der Waals surface area contributed by atoms with Crippen LogP contribution in [0.15, 0.2) is 83.5 Å². The summed E-state index contributed by atoms with van der Waals surface area (Å²) < 4.78 is 2.33. The quantitative estimate of drug-likeness (QED) is 0.426. The number of para-hydroxylation sites is 2. The molecule has 1 aromatic heterocycles. The van der Waals surface area contributed by atoms with Gasteiger partial charge in [0.25, 0.3) is 5.91 Å². The van der Waals surface area contributed by atoms with Gasteiger partial charge in [-0.3, -0.25) is 4.79 Å². The number of hydrogen-bond acceptors (Lipinski definition) is 2. The van der Waals surface area contributed by atoms with E-state index in [4.69, 9.17) is 0 Å². The smallest absolute Gasteiger partial charge is 0.280 e. The second-order valence-corrected chi connectivity index (χ2v) is 7.23.